The number of anilines is 1. The molecule has 0 aromatic heterocycles. The van der Waals surface area contributed by atoms with E-state index in [4.69, 9.17) is 5.73 Å². The van der Waals surface area contributed by atoms with Crippen LogP contribution >= 0.6 is 0 Å². The van der Waals surface area contributed by atoms with Gasteiger partial charge in [-0.15, -0.1) is 0 Å². The molecule has 0 aliphatic heterocycles. The Balaban J connectivity index is 2.45. The number of carbonyl (C=O) groups is 1. The van der Waals surface area contributed by atoms with Gasteiger partial charge in [0, 0.05) is 31.6 Å². The van der Waals surface area contributed by atoms with Crippen molar-refractivity contribution >= 4 is 17.3 Å². The van der Waals surface area contributed by atoms with Gasteiger partial charge in [-0.05, 0) is 13.0 Å². The molecule has 1 rings (SSSR count). The molecule has 1 aromatic rings. The summed E-state index contributed by atoms with van der Waals surface area (Å²) < 4.78 is 0. The fourth-order valence-electron chi connectivity index (χ4n) is 1.50. The predicted molar refractivity (Wildman–Crippen MR) is 72.9 cm³/mol. The van der Waals surface area contributed by atoms with Gasteiger partial charge in [0.25, 0.3) is 5.69 Å². The van der Waals surface area contributed by atoms with E-state index in [2.05, 4.69) is 10.6 Å². The van der Waals surface area contributed by atoms with Crippen LogP contribution in [-0.2, 0) is 4.79 Å². The van der Waals surface area contributed by atoms with E-state index in [1.165, 1.54) is 6.07 Å². The Labute approximate surface area is 111 Å². The molecule has 0 bridgehead atoms. The lowest BCUT2D eigenvalue weighted by molar-refractivity contribution is -0.384. The quantitative estimate of drug-likeness (QED) is 0.501. The molecule has 0 unspecified atom stereocenters. The van der Waals surface area contributed by atoms with Crippen LogP contribution in [0.1, 0.15) is 13.3 Å². The lowest BCUT2D eigenvalue weighted by atomic mass is 10.2. The molecule has 0 saturated heterocycles. The van der Waals surface area contributed by atoms with Gasteiger partial charge in [0.1, 0.15) is 5.69 Å². The van der Waals surface area contributed by atoms with Crippen molar-refractivity contribution in [1.29, 1.82) is 0 Å². The van der Waals surface area contributed by atoms with E-state index in [1.807, 2.05) is 6.92 Å². The maximum absolute atomic E-state index is 11.5. The predicted octanol–water partition coefficient (Wildman–Crippen LogP) is 0.860. The first-order valence-corrected chi connectivity index (χ1v) is 6.01. The van der Waals surface area contributed by atoms with Crippen LogP contribution in [0.4, 0.5) is 11.4 Å². The molecule has 4 N–H and O–H groups in total. The highest BCUT2D eigenvalue weighted by Gasteiger charge is 2.12. The number of para-hydroxylation sites is 2. The summed E-state index contributed by atoms with van der Waals surface area (Å²) in [5.41, 5.74) is 5.80. The van der Waals surface area contributed by atoms with Crippen molar-refractivity contribution in [3.05, 3.63) is 34.4 Å². The Morgan fingerprint density at radius 1 is 1.47 bits per heavy atom. The number of nitrogens with one attached hydrogen (secondary N) is 2. The molecule has 0 spiro atoms. The average molecular weight is 266 g/mol. The van der Waals surface area contributed by atoms with Crippen LogP contribution in [0.5, 0.6) is 0 Å². The third-order valence-corrected chi connectivity index (χ3v) is 2.53. The number of amides is 1. The lowest BCUT2D eigenvalue weighted by Crippen LogP contribution is -2.38. The molecule has 0 saturated carbocycles. The molecule has 19 heavy (non-hydrogen) atoms. The number of benzene rings is 1. The van der Waals surface area contributed by atoms with Gasteiger partial charge in [0.05, 0.1) is 4.92 Å². The van der Waals surface area contributed by atoms with Gasteiger partial charge < -0.3 is 16.4 Å². The topological polar surface area (TPSA) is 110 Å². The summed E-state index contributed by atoms with van der Waals surface area (Å²) in [6, 6.07) is 6.25. The molecule has 104 valence electrons. The van der Waals surface area contributed by atoms with E-state index < -0.39 is 4.92 Å². The van der Waals surface area contributed by atoms with Crippen molar-refractivity contribution in [3.8, 4) is 0 Å². The van der Waals surface area contributed by atoms with Crippen LogP contribution in [0.2, 0.25) is 0 Å². The maximum atomic E-state index is 11.5. The minimum absolute atomic E-state index is 0.00163. The third kappa shape index (κ3) is 4.92. The number of nitro benzene ring substituents is 1. The van der Waals surface area contributed by atoms with Crippen LogP contribution < -0.4 is 16.4 Å². The van der Waals surface area contributed by atoms with Gasteiger partial charge in [-0.25, -0.2) is 0 Å². The molecular weight excluding hydrogens is 248 g/mol. The molecule has 7 nitrogen and oxygen atoms in total. The van der Waals surface area contributed by atoms with E-state index in [-0.39, 0.29) is 24.1 Å². The number of nitrogens with zero attached hydrogens (tertiary/aromatic N) is 1. The minimum Gasteiger partial charge on any atom is -0.379 e. The Hall–Kier alpha value is -2.15. The highest BCUT2D eigenvalue weighted by Crippen LogP contribution is 2.22. The number of nitro groups is 1. The van der Waals surface area contributed by atoms with Crippen LogP contribution in [0, 0.1) is 10.1 Å². The van der Waals surface area contributed by atoms with E-state index in [9.17, 15) is 14.9 Å². The fraction of sp³-hybridized carbons (Fsp3) is 0.417. The normalized spacial score (nSPS) is 11.7. The second-order valence-electron chi connectivity index (χ2n) is 4.16. The average Bonchev–Trinajstić information content (AvgIpc) is 2.38. The molecule has 0 aliphatic carbocycles. The molecule has 1 aromatic carbocycles. The van der Waals surface area contributed by atoms with Crippen molar-refractivity contribution < 1.29 is 9.72 Å². The smallest absolute Gasteiger partial charge is 0.292 e. The summed E-state index contributed by atoms with van der Waals surface area (Å²) in [4.78, 5) is 21.8. The number of hydrogen-bond donors (Lipinski definition) is 3. The number of rotatable bonds is 7. The van der Waals surface area contributed by atoms with Gasteiger partial charge in [0.2, 0.25) is 5.91 Å². The zero-order valence-corrected chi connectivity index (χ0v) is 10.8. The van der Waals surface area contributed by atoms with Crippen molar-refractivity contribution in [2.45, 2.75) is 19.4 Å². The number of carbonyl (C=O) groups excluding carboxylic acids is 1. The molecule has 1 atom stereocenters. The van der Waals surface area contributed by atoms with Gasteiger partial charge in [0.15, 0.2) is 0 Å². The highest BCUT2D eigenvalue weighted by atomic mass is 16.6. The molecule has 0 heterocycles. The Morgan fingerprint density at radius 3 is 2.79 bits per heavy atom. The molecule has 0 radical (unpaired) electrons. The van der Waals surface area contributed by atoms with Gasteiger partial charge in [-0.2, -0.15) is 0 Å². The number of hydrogen-bond acceptors (Lipinski definition) is 5. The minimum atomic E-state index is -0.459. The second-order valence-corrected chi connectivity index (χ2v) is 4.16. The second kappa shape index (κ2) is 7.32. The first kappa shape index (κ1) is 14.9. The van der Waals surface area contributed by atoms with Crippen LogP contribution in [0.15, 0.2) is 24.3 Å². The third-order valence-electron chi connectivity index (χ3n) is 2.53. The van der Waals surface area contributed by atoms with Crippen LogP contribution in [0.3, 0.4) is 0 Å². The monoisotopic (exact) mass is 266 g/mol. The summed E-state index contributed by atoms with van der Waals surface area (Å²) in [7, 11) is 0. The van der Waals surface area contributed by atoms with E-state index in [0.29, 0.717) is 18.8 Å². The summed E-state index contributed by atoms with van der Waals surface area (Å²) in [5, 5.41) is 16.4. The Morgan fingerprint density at radius 2 is 2.16 bits per heavy atom. The molecule has 7 heteroatoms. The maximum Gasteiger partial charge on any atom is 0.292 e. The van der Waals surface area contributed by atoms with Gasteiger partial charge in [-0.1, -0.05) is 12.1 Å². The van der Waals surface area contributed by atoms with E-state index >= 15 is 0 Å². The Bertz CT molecular complexity index is 450. The number of nitrogens with two attached hydrogens (primary N) is 1. The lowest BCUT2D eigenvalue weighted by Gasteiger charge is -2.11. The van der Waals surface area contributed by atoms with Crippen LogP contribution in [0.25, 0.3) is 0 Å². The van der Waals surface area contributed by atoms with Crippen molar-refractivity contribution in [2.24, 2.45) is 5.73 Å². The zero-order chi connectivity index (χ0) is 14.3. The van der Waals surface area contributed by atoms with E-state index in [0.717, 1.165) is 0 Å². The SMILES string of the molecule is C[C@@H](CN)NC(=O)CCNc1ccccc1[N+](=O)[O-]. The first-order valence-electron chi connectivity index (χ1n) is 6.01. The zero-order valence-electron chi connectivity index (χ0n) is 10.8. The van der Waals surface area contributed by atoms with Crippen LogP contribution in [-0.4, -0.2) is 30.0 Å². The van der Waals surface area contributed by atoms with Gasteiger partial charge >= 0.3 is 0 Å². The van der Waals surface area contributed by atoms with Gasteiger partial charge in [-0.3, -0.25) is 14.9 Å². The summed E-state index contributed by atoms with van der Waals surface area (Å²) in [6.07, 6.45) is 0.233. The fourth-order valence-corrected chi connectivity index (χ4v) is 1.50. The summed E-state index contributed by atoms with van der Waals surface area (Å²) in [5.74, 6) is -0.135. The summed E-state index contributed by atoms with van der Waals surface area (Å²) >= 11 is 0. The molecule has 0 fully saturated rings. The standard InChI is InChI=1S/C12H18N4O3/c1-9(8-13)15-12(17)6-7-14-10-4-2-3-5-11(10)16(18)19/h2-5,9,14H,6-8,13H2,1H3,(H,15,17)/t9-/m0/s1. The van der Waals surface area contributed by atoms with Crippen molar-refractivity contribution in [1.82, 2.24) is 5.32 Å². The van der Waals surface area contributed by atoms with E-state index in [1.54, 1.807) is 18.2 Å². The molecule has 1 amide bonds. The first-order chi connectivity index (χ1) is 9.04. The summed E-state index contributed by atoms with van der Waals surface area (Å²) in [6.45, 7) is 2.52. The van der Waals surface area contributed by atoms with Crippen molar-refractivity contribution in [2.75, 3.05) is 18.4 Å². The molecular formula is C12H18N4O3. The largest absolute Gasteiger partial charge is 0.379 e. The molecule has 0 aliphatic rings. The Kier molecular flexibility index (Phi) is 5.74. The van der Waals surface area contributed by atoms with Crippen molar-refractivity contribution in [3.63, 3.8) is 0 Å². The highest BCUT2D eigenvalue weighted by molar-refractivity contribution is 5.77.